The lowest BCUT2D eigenvalue weighted by Crippen LogP contribution is -2.19. The number of hydrogen-bond acceptors (Lipinski definition) is 3. The quantitative estimate of drug-likeness (QED) is 0.838. The van der Waals surface area contributed by atoms with Gasteiger partial charge in [0, 0.05) is 30.0 Å². The van der Waals surface area contributed by atoms with E-state index >= 15 is 0 Å². The Morgan fingerprint density at radius 2 is 2.33 bits per heavy atom. The van der Waals surface area contributed by atoms with E-state index in [-0.39, 0.29) is 5.91 Å². The predicted molar refractivity (Wildman–Crippen MR) is 70.6 cm³/mol. The van der Waals surface area contributed by atoms with E-state index in [1.54, 1.807) is 0 Å². The highest BCUT2D eigenvalue weighted by molar-refractivity contribution is 6.02. The van der Waals surface area contributed by atoms with Crippen molar-refractivity contribution in [1.82, 2.24) is 0 Å². The lowest BCUT2D eigenvalue weighted by molar-refractivity contribution is -0.123. The lowest BCUT2D eigenvalue weighted by atomic mass is 10.1. The second-order valence-electron chi connectivity index (χ2n) is 5.17. The molecule has 18 heavy (non-hydrogen) atoms. The Morgan fingerprint density at radius 1 is 1.50 bits per heavy atom. The molecule has 1 aromatic carbocycles. The van der Waals surface area contributed by atoms with Crippen LogP contribution in [0.2, 0.25) is 0 Å². The molecule has 2 aliphatic rings. The number of carbonyl (C=O) groups is 1. The average Bonchev–Trinajstić information content (AvgIpc) is 2.95. The lowest BCUT2D eigenvalue weighted by Gasteiger charge is -2.19. The van der Waals surface area contributed by atoms with Gasteiger partial charge in [0.2, 0.25) is 0 Å². The Kier molecular flexibility index (Phi) is 2.74. The van der Waals surface area contributed by atoms with Gasteiger partial charge in [-0.05, 0) is 24.5 Å². The van der Waals surface area contributed by atoms with Crippen LogP contribution in [0.5, 0.6) is 0 Å². The highest BCUT2D eigenvalue weighted by atomic mass is 16.3. The first kappa shape index (κ1) is 11.5. The summed E-state index contributed by atoms with van der Waals surface area (Å²) in [5, 5.41) is 12.4. The van der Waals surface area contributed by atoms with Crippen molar-refractivity contribution in [2.75, 3.05) is 23.3 Å². The van der Waals surface area contributed by atoms with Crippen molar-refractivity contribution in [3.05, 3.63) is 23.8 Å². The van der Waals surface area contributed by atoms with Gasteiger partial charge >= 0.3 is 0 Å². The van der Waals surface area contributed by atoms with Crippen LogP contribution in [0.25, 0.3) is 0 Å². The number of fused-ring (bicyclic) bond motifs is 1. The van der Waals surface area contributed by atoms with Crippen LogP contribution >= 0.6 is 0 Å². The van der Waals surface area contributed by atoms with Crippen LogP contribution in [0.1, 0.15) is 31.4 Å². The average molecular weight is 246 g/mol. The number of carbonyl (C=O) groups excluding carboxylic acids is 1. The van der Waals surface area contributed by atoms with Crippen molar-refractivity contribution >= 4 is 17.3 Å². The van der Waals surface area contributed by atoms with Gasteiger partial charge in [0.05, 0.1) is 0 Å². The number of nitrogens with one attached hydrogen (secondary N) is 1. The minimum atomic E-state index is -1.00. The van der Waals surface area contributed by atoms with Gasteiger partial charge in [0.25, 0.3) is 5.91 Å². The fourth-order valence-electron chi connectivity index (χ4n) is 2.83. The molecular formula is C14H18N2O2. The number of nitrogens with zero attached hydrogens (tertiary/aromatic N) is 1. The van der Waals surface area contributed by atoms with Crippen molar-refractivity contribution < 1.29 is 9.90 Å². The number of amides is 1. The molecule has 3 rings (SSSR count). The summed E-state index contributed by atoms with van der Waals surface area (Å²) in [5.74, 6) is 0.452. The second-order valence-corrected chi connectivity index (χ2v) is 5.17. The number of anilines is 2. The molecule has 2 N–H and O–H groups in total. The van der Waals surface area contributed by atoms with Crippen molar-refractivity contribution in [2.45, 2.75) is 25.9 Å². The van der Waals surface area contributed by atoms with Gasteiger partial charge in [-0.15, -0.1) is 0 Å². The summed E-state index contributed by atoms with van der Waals surface area (Å²) >= 11 is 0. The minimum Gasteiger partial charge on any atom is -0.378 e. The maximum absolute atomic E-state index is 11.4. The summed E-state index contributed by atoms with van der Waals surface area (Å²) in [4.78, 5) is 13.7. The molecule has 0 spiro atoms. The van der Waals surface area contributed by atoms with Crippen LogP contribution in [0.3, 0.4) is 0 Å². The SMILES string of the molecule is CCC1CCN(c2ccc3c(c2)NC(=O)C3O)C1. The van der Waals surface area contributed by atoms with E-state index in [4.69, 9.17) is 0 Å². The molecule has 0 radical (unpaired) electrons. The maximum atomic E-state index is 11.4. The zero-order valence-electron chi connectivity index (χ0n) is 10.5. The highest BCUT2D eigenvalue weighted by Gasteiger charge is 2.29. The molecule has 2 heterocycles. The number of hydrogen-bond donors (Lipinski definition) is 2. The first-order valence-electron chi connectivity index (χ1n) is 6.57. The zero-order valence-corrected chi connectivity index (χ0v) is 10.5. The number of benzene rings is 1. The van der Waals surface area contributed by atoms with E-state index in [1.165, 1.54) is 12.8 Å². The van der Waals surface area contributed by atoms with Crippen molar-refractivity contribution in [3.63, 3.8) is 0 Å². The zero-order chi connectivity index (χ0) is 12.7. The third-order valence-corrected chi connectivity index (χ3v) is 4.07. The van der Waals surface area contributed by atoms with Crippen LogP contribution in [0.15, 0.2) is 18.2 Å². The van der Waals surface area contributed by atoms with Gasteiger partial charge in [-0.1, -0.05) is 19.4 Å². The Hall–Kier alpha value is -1.55. The van der Waals surface area contributed by atoms with Crippen LogP contribution in [0.4, 0.5) is 11.4 Å². The predicted octanol–water partition coefficient (Wildman–Crippen LogP) is 1.91. The van der Waals surface area contributed by atoms with Crippen molar-refractivity contribution in [1.29, 1.82) is 0 Å². The van der Waals surface area contributed by atoms with E-state index < -0.39 is 6.10 Å². The molecule has 0 aromatic heterocycles. The van der Waals surface area contributed by atoms with E-state index in [9.17, 15) is 9.90 Å². The third-order valence-electron chi connectivity index (χ3n) is 4.07. The molecule has 4 heteroatoms. The molecule has 0 bridgehead atoms. The molecule has 2 aliphatic heterocycles. The standard InChI is InChI=1S/C14H18N2O2/c1-2-9-5-6-16(8-9)10-3-4-11-12(7-10)15-14(18)13(11)17/h3-4,7,9,13,17H,2,5-6,8H2,1H3,(H,15,18). The summed E-state index contributed by atoms with van der Waals surface area (Å²) in [6.07, 6.45) is 1.45. The Balaban J connectivity index is 1.84. The van der Waals surface area contributed by atoms with E-state index in [1.807, 2.05) is 18.2 Å². The summed E-state index contributed by atoms with van der Waals surface area (Å²) < 4.78 is 0. The number of rotatable bonds is 2. The molecule has 96 valence electrons. The maximum Gasteiger partial charge on any atom is 0.257 e. The first-order chi connectivity index (χ1) is 8.69. The molecule has 1 fully saturated rings. The van der Waals surface area contributed by atoms with Gasteiger partial charge in [0.1, 0.15) is 0 Å². The fraction of sp³-hybridized carbons (Fsp3) is 0.500. The third kappa shape index (κ3) is 1.77. The topological polar surface area (TPSA) is 52.6 Å². The van der Waals surface area contributed by atoms with Crippen LogP contribution < -0.4 is 10.2 Å². The highest BCUT2D eigenvalue weighted by Crippen LogP contribution is 2.35. The van der Waals surface area contributed by atoms with Gasteiger partial charge in [-0.2, -0.15) is 0 Å². The Labute approximate surface area is 107 Å². The smallest absolute Gasteiger partial charge is 0.257 e. The molecule has 2 atom stereocenters. The van der Waals surface area contributed by atoms with Crippen molar-refractivity contribution in [3.8, 4) is 0 Å². The Morgan fingerprint density at radius 3 is 3.06 bits per heavy atom. The fourth-order valence-corrected chi connectivity index (χ4v) is 2.83. The summed E-state index contributed by atoms with van der Waals surface area (Å²) in [5.41, 5.74) is 2.58. The molecule has 0 saturated carbocycles. The van der Waals surface area contributed by atoms with Crippen molar-refractivity contribution in [2.24, 2.45) is 5.92 Å². The van der Waals surface area contributed by atoms with E-state index in [2.05, 4.69) is 17.1 Å². The first-order valence-corrected chi connectivity index (χ1v) is 6.57. The normalized spacial score (nSPS) is 26.3. The molecule has 1 aromatic rings. The van der Waals surface area contributed by atoms with E-state index in [0.717, 1.165) is 30.4 Å². The van der Waals surface area contributed by atoms with Gasteiger partial charge < -0.3 is 15.3 Å². The van der Waals surface area contributed by atoms with Crippen LogP contribution in [-0.2, 0) is 4.79 Å². The molecule has 1 saturated heterocycles. The largest absolute Gasteiger partial charge is 0.378 e. The van der Waals surface area contributed by atoms with Crippen LogP contribution in [0, 0.1) is 5.92 Å². The van der Waals surface area contributed by atoms with Gasteiger partial charge in [-0.3, -0.25) is 4.79 Å². The number of aliphatic hydroxyl groups excluding tert-OH is 1. The molecule has 4 nitrogen and oxygen atoms in total. The second kappa shape index (κ2) is 4.28. The molecule has 0 aliphatic carbocycles. The van der Waals surface area contributed by atoms with Gasteiger partial charge in [0.15, 0.2) is 6.10 Å². The van der Waals surface area contributed by atoms with Gasteiger partial charge in [-0.25, -0.2) is 0 Å². The summed E-state index contributed by atoms with van der Waals surface area (Å²) in [6, 6.07) is 5.83. The minimum absolute atomic E-state index is 0.324. The van der Waals surface area contributed by atoms with Crippen LogP contribution in [-0.4, -0.2) is 24.1 Å². The molecular weight excluding hydrogens is 228 g/mol. The monoisotopic (exact) mass is 246 g/mol. The molecule has 2 unspecified atom stereocenters. The summed E-state index contributed by atoms with van der Waals surface area (Å²) in [7, 11) is 0. The van der Waals surface area contributed by atoms with E-state index in [0.29, 0.717) is 5.56 Å². The summed E-state index contributed by atoms with van der Waals surface area (Å²) in [6.45, 7) is 4.40. The number of aliphatic hydroxyl groups is 1. The molecule has 1 amide bonds. The Bertz CT molecular complexity index is 487.